The van der Waals surface area contributed by atoms with Gasteiger partial charge in [0.1, 0.15) is 12.4 Å². The molecule has 2 heterocycles. The van der Waals surface area contributed by atoms with Crippen molar-refractivity contribution in [2.45, 2.75) is 31.9 Å². The normalized spacial score (nSPS) is 11.8. The largest absolute Gasteiger partial charge is 0.491 e. The molecule has 7 nitrogen and oxygen atoms in total. The van der Waals surface area contributed by atoms with Crippen molar-refractivity contribution in [3.05, 3.63) is 89.6 Å². The number of fused-ring (bicyclic) bond motifs is 1. The summed E-state index contributed by atoms with van der Waals surface area (Å²) in [6.45, 7) is 14.2. The van der Waals surface area contributed by atoms with E-state index in [9.17, 15) is 0 Å². The van der Waals surface area contributed by atoms with Crippen molar-refractivity contribution in [1.29, 1.82) is 0 Å². The minimum absolute atomic E-state index is 0.193. The van der Waals surface area contributed by atoms with E-state index in [2.05, 4.69) is 61.6 Å². The van der Waals surface area contributed by atoms with Crippen LogP contribution in [0.15, 0.2) is 78.2 Å². The van der Waals surface area contributed by atoms with Gasteiger partial charge >= 0.3 is 0 Å². The van der Waals surface area contributed by atoms with Gasteiger partial charge < -0.3 is 9.47 Å². The lowest BCUT2D eigenvalue weighted by atomic mass is 10.1. The van der Waals surface area contributed by atoms with Crippen molar-refractivity contribution in [2.24, 2.45) is 0 Å². The molecule has 4 aromatic rings. The van der Waals surface area contributed by atoms with Crippen LogP contribution in [0.2, 0.25) is 0 Å². The van der Waals surface area contributed by atoms with Crippen molar-refractivity contribution in [1.82, 2.24) is 24.7 Å². The van der Waals surface area contributed by atoms with E-state index in [1.165, 1.54) is 4.91 Å². The minimum atomic E-state index is 0.193. The van der Waals surface area contributed by atoms with Crippen LogP contribution in [0.5, 0.6) is 5.75 Å². The highest BCUT2D eigenvalue weighted by Gasteiger charge is 2.14. The maximum Gasteiger partial charge on any atom is 0.177 e. The number of rotatable bonds is 13. The molecule has 0 saturated carbocycles. The van der Waals surface area contributed by atoms with E-state index in [-0.39, 0.29) is 4.75 Å². The molecule has 0 aliphatic heterocycles. The first-order chi connectivity index (χ1) is 18.3. The lowest BCUT2D eigenvalue weighted by Gasteiger charge is -2.23. The SMILES string of the molecule is C=C(CN(C)CCOCCOc1ccc(Cc2nnc3ccc(-c4ccccc4)nn23)cc1)SC(C)(C)C. The van der Waals surface area contributed by atoms with Crippen molar-refractivity contribution < 1.29 is 9.47 Å². The summed E-state index contributed by atoms with van der Waals surface area (Å²) in [6, 6.07) is 22.1. The molecule has 8 heteroatoms. The Bertz CT molecular complexity index is 1320. The van der Waals surface area contributed by atoms with Crippen LogP contribution in [-0.4, -0.2) is 69.4 Å². The Kier molecular flexibility index (Phi) is 9.55. The Morgan fingerprint density at radius 2 is 1.71 bits per heavy atom. The van der Waals surface area contributed by atoms with Crippen LogP contribution in [0.25, 0.3) is 16.9 Å². The number of aromatic nitrogens is 4. The van der Waals surface area contributed by atoms with Crippen molar-refractivity contribution in [2.75, 3.05) is 40.0 Å². The summed E-state index contributed by atoms with van der Waals surface area (Å²) < 4.78 is 13.6. The van der Waals surface area contributed by atoms with Crippen LogP contribution in [-0.2, 0) is 11.2 Å². The predicted octanol–water partition coefficient (Wildman–Crippen LogP) is 5.75. The van der Waals surface area contributed by atoms with Crippen molar-refractivity contribution >= 4 is 17.4 Å². The molecule has 0 fully saturated rings. The van der Waals surface area contributed by atoms with Gasteiger partial charge in [-0.3, -0.25) is 4.90 Å². The first-order valence-electron chi connectivity index (χ1n) is 12.9. The molecule has 0 unspecified atom stereocenters. The second-order valence-corrected chi connectivity index (χ2v) is 12.2. The molecule has 0 bridgehead atoms. The Morgan fingerprint density at radius 3 is 2.45 bits per heavy atom. The topological polar surface area (TPSA) is 64.8 Å². The first kappa shape index (κ1) is 27.8. The third kappa shape index (κ3) is 8.41. The molecule has 2 aromatic heterocycles. The van der Waals surface area contributed by atoms with Crippen LogP contribution in [0.1, 0.15) is 32.2 Å². The monoisotopic (exact) mass is 531 g/mol. The highest BCUT2D eigenvalue weighted by atomic mass is 32.2. The van der Waals surface area contributed by atoms with E-state index >= 15 is 0 Å². The molecule has 4 rings (SSSR count). The third-order valence-electron chi connectivity index (χ3n) is 5.69. The molecule has 200 valence electrons. The third-order valence-corrected chi connectivity index (χ3v) is 6.72. The molecule has 0 aliphatic carbocycles. The standard InChI is InChI=1S/C30H37N5O2S/c1-23(38-30(2,3)4)22-34(5)17-18-36-19-20-37-26-13-11-24(12-14-26)21-29-32-31-28-16-15-27(33-35(28)29)25-9-7-6-8-10-25/h6-16H,1,17-22H2,2-5H3. The molecule has 0 saturated heterocycles. The molecule has 0 atom stereocenters. The number of ether oxygens (including phenoxy) is 2. The quantitative estimate of drug-likeness (QED) is 0.203. The van der Waals surface area contributed by atoms with Crippen molar-refractivity contribution in [3.63, 3.8) is 0 Å². The fraction of sp³-hybridized carbons (Fsp3) is 0.367. The molecular formula is C30H37N5O2S. The van der Waals surface area contributed by atoms with Gasteiger partial charge in [-0.1, -0.05) is 69.8 Å². The fourth-order valence-corrected chi connectivity index (χ4v) is 5.13. The van der Waals surface area contributed by atoms with Gasteiger partial charge in [0, 0.05) is 29.8 Å². The van der Waals surface area contributed by atoms with Gasteiger partial charge in [0.2, 0.25) is 0 Å². The Labute approximate surface area is 229 Å². The van der Waals surface area contributed by atoms with Gasteiger partial charge in [-0.25, -0.2) is 0 Å². The summed E-state index contributed by atoms with van der Waals surface area (Å²) >= 11 is 1.82. The minimum Gasteiger partial charge on any atom is -0.491 e. The summed E-state index contributed by atoms with van der Waals surface area (Å²) in [4.78, 5) is 3.41. The predicted molar refractivity (Wildman–Crippen MR) is 156 cm³/mol. The van der Waals surface area contributed by atoms with Crippen LogP contribution < -0.4 is 4.74 Å². The summed E-state index contributed by atoms with van der Waals surface area (Å²) in [5, 5.41) is 13.4. The fourth-order valence-electron chi connectivity index (χ4n) is 3.98. The Morgan fingerprint density at radius 1 is 0.947 bits per heavy atom. The molecule has 0 spiro atoms. The molecule has 2 aromatic carbocycles. The lowest BCUT2D eigenvalue weighted by molar-refractivity contribution is 0.0867. The molecule has 0 radical (unpaired) electrons. The van der Waals surface area contributed by atoms with E-state index in [1.54, 1.807) is 0 Å². The Hall–Kier alpha value is -3.20. The van der Waals surface area contributed by atoms with E-state index in [0.29, 0.717) is 26.2 Å². The van der Waals surface area contributed by atoms with E-state index in [4.69, 9.17) is 14.6 Å². The van der Waals surface area contributed by atoms with E-state index in [1.807, 2.05) is 70.9 Å². The van der Waals surface area contributed by atoms with E-state index in [0.717, 1.165) is 47.1 Å². The summed E-state index contributed by atoms with van der Waals surface area (Å²) in [6.07, 6.45) is 0.629. The Balaban J connectivity index is 1.20. The molecule has 0 amide bonds. The number of nitrogens with zero attached hydrogens (tertiary/aromatic N) is 5. The highest BCUT2D eigenvalue weighted by molar-refractivity contribution is 8.04. The van der Waals surface area contributed by atoms with Crippen LogP contribution >= 0.6 is 11.8 Å². The van der Waals surface area contributed by atoms with Crippen LogP contribution in [0, 0.1) is 0 Å². The van der Waals surface area contributed by atoms with Gasteiger partial charge in [-0.2, -0.15) is 9.61 Å². The number of hydrogen-bond acceptors (Lipinski definition) is 7. The number of hydrogen-bond donors (Lipinski definition) is 0. The molecule has 0 aliphatic rings. The smallest absolute Gasteiger partial charge is 0.177 e. The number of benzene rings is 2. The summed E-state index contributed by atoms with van der Waals surface area (Å²) in [7, 11) is 2.09. The second kappa shape index (κ2) is 13.0. The number of thioether (sulfide) groups is 1. The average Bonchev–Trinajstić information content (AvgIpc) is 3.28. The zero-order chi connectivity index (χ0) is 27.0. The maximum absolute atomic E-state index is 5.86. The summed E-state index contributed by atoms with van der Waals surface area (Å²) in [5.74, 6) is 1.62. The maximum atomic E-state index is 5.86. The molecule has 38 heavy (non-hydrogen) atoms. The van der Waals surface area contributed by atoms with E-state index < -0.39 is 0 Å². The molecular weight excluding hydrogens is 494 g/mol. The second-order valence-electron chi connectivity index (χ2n) is 10.2. The van der Waals surface area contributed by atoms with Gasteiger partial charge in [-0.05, 0) is 41.8 Å². The highest BCUT2D eigenvalue weighted by Crippen LogP contribution is 2.30. The van der Waals surface area contributed by atoms with Gasteiger partial charge in [0.15, 0.2) is 11.5 Å². The molecule has 0 N–H and O–H groups in total. The number of likely N-dealkylation sites (N-methyl/N-ethyl adjacent to an activating group) is 1. The summed E-state index contributed by atoms with van der Waals surface area (Å²) in [5.41, 5.74) is 3.80. The zero-order valence-corrected chi connectivity index (χ0v) is 23.6. The average molecular weight is 532 g/mol. The van der Waals surface area contributed by atoms with Crippen LogP contribution in [0.4, 0.5) is 0 Å². The van der Waals surface area contributed by atoms with Gasteiger partial charge in [0.05, 0.1) is 18.9 Å². The van der Waals surface area contributed by atoms with Crippen LogP contribution in [0.3, 0.4) is 0 Å². The zero-order valence-electron chi connectivity index (χ0n) is 22.8. The van der Waals surface area contributed by atoms with Gasteiger partial charge in [-0.15, -0.1) is 22.0 Å². The lowest BCUT2D eigenvalue weighted by Crippen LogP contribution is -2.26. The van der Waals surface area contributed by atoms with Crippen molar-refractivity contribution in [3.8, 4) is 17.0 Å². The van der Waals surface area contributed by atoms with Gasteiger partial charge in [0.25, 0.3) is 0 Å². The first-order valence-corrected chi connectivity index (χ1v) is 13.7.